The van der Waals surface area contributed by atoms with Gasteiger partial charge in [-0.05, 0) is 78.9 Å². The molecule has 0 saturated carbocycles. The molecular formula is C28H47N3O4S. The van der Waals surface area contributed by atoms with Gasteiger partial charge in [-0.2, -0.15) is 11.8 Å². The van der Waals surface area contributed by atoms with Crippen LogP contribution in [0.2, 0.25) is 0 Å². The number of hydrogen-bond acceptors (Lipinski definition) is 5. The lowest BCUT2D eigenvalue weighted by Gasteiger charge is -2.43. The quantitative estimate of drug-likeness (QED) is 0.349. The highest BCUT2D eigenvalue weighted by molar-refractivity contribution is 7.98. The average Bonchev–Trinajstić information content (AvgIpc) is 2.75. The van der Waals surface area contributed by atoms with Crippen LogP contribution in [0.1, 0.15) is 91.3 Å². The van der Waals surface area contributed by atoms with Crippen molar-refractivity contribution in [1.29, 1.82) is 0 Å². The van der Waals surface area contributed by atoms with E-state index in [1.54, 1.807) is 37.4 Å². The van der Waals surface area contributed by atoms with Crippen molar-refractivity contribution >= 4 is 29.7 Å². The molecule has 1 aromatic rings. The molecule has 1 aromatic carbocycles. The monoisotopic (exact) mass is 521 g/mol. The van der Waals surface area contributed by atoms with Crippen LogP contribution in [0.4, 0.5) is 4.79 Å². The molecule has 0 spiro atoms. The van der Waals surface area contributed by atoms with E-state index < -0.39 is 29.3 Å². The molecule has 2 atom stereocenters. The normalized spacial score (nSPS) is 13.5. The van der Waals surface area contributed by atoms with Crippen LogP contribution in [0.25, 0.3) is 0 Å². The Bertz CT molecular complexity index is 861. The van der Waals surface area contributed by atoms with E-state index in [-0.39, 0.29) is 11.8 Å². The van der Waals surface area contributed by atoms with Crippen LogP contribution in [0.3, 0.4) is 0 Å². The molecule has 0 radical (unpaired) electrons. The topological polar surface area (TPSA) is 87.7 Å². The SMILES string of the molecule is CCCCCNC(=O)C(c1cccc(C)c1)N(C(=O)C(CCSC)NC(=O)OC(C)(C)C)C(C)(C)C. The number of nitrogens with one attached hydrogen (secondary N) is 2. The lowest BCUT2D eigenvalue weighted by molar-refractivity contribution is -0.148. The summed E-state index contributed by atoms with van der Waals surface area (Å²) >= 11 is 1.59. The molecule has 2 unspecified atom stereocenters. The summed E-state index contributed by atoms with van der Waals surface area (Å²) in [4.78, 5) is 42.0. The molecule has 0 aliphatic heterocycles. The summed E-state index contributed by atoms with van der Waals surface area (Å²) in [6.07, 6.45) is 4.68. The number of hydrogen-bond donors (Lipinski definition) is 2. The summed E-state index contributed by atoms with van der Waals surface area (Å²) in [5.41, 5.74) is 0.360. The Balaban J connectivity index is 3.45. The Morgan fingerprint density at radius 3 is 2.28 bits per heavy atom. The van der Waals surface area contributed by atoms with E-state index in [1.165, 1.54) is 0 Å². The number of benzene rings is 1. The Labute approximate surface area is 222 Å². The maximum atomic E-state index is 14.1. The first-order valence-corrected chi connectivity index (χ1v) is 14.3. The second-order valence-electron chi connectivity index (χ2n) is 11.2. The summed E-state index contributed by atoms with van der Waals surface area (Å²) in [7, 11) is 0. The van der Waals surface area contributed by atoms with E-state index in [0.717, 1.165) is 30.4 Å². The number of alkyl carbamates (subject to hydrolysis) is 1. The van der Waals surface area contributed by atoms with Crippen molar-refractivity contribution in [2.24, 2.45) is 0 Å². The Kier molecular flexibility index (Phi) is 12.8. The number of nitrogens with zero attached hydrogens (tertiary/aromatic N) is 1. The van der Waals surface area contributed by atoms with Gasteiger partial charge in [0.25, 0.3) is 0 Å². The van der Waals surface area contributed by atoms with E-state index in [4.69, 9.17) is 4.74 Å². The molecule has 8 heteroatoms. The minimum absolute atomic E-state index is 0.221. The number of ether oxygens (including phenoxy) is 1. The molecule has 3 amide bonds. The van der Waals surface area contributed by atoms with Crippen LogP contribution in [-0.4, -0.2) is 58.5 Å². The minimum atomic E-state index is -0.837. The van der Waals surface area contributed by atoms with Crippen molar-refractivity contribution in [2.45, 2.75) is 104 Å². The van der Waals surface area contributed by atoms with Crippen LogP contribution in [-0.2, 0) is 14.3 Å². The van der Waals surface area contributed by atoms with Gasteiger partial charge in [0.05, 0.1) is 0 Å². The standard InChI is InChI=1S/C28H47N3O4S/c1-10-11-12-17-29-24(32)23(21-15-13-14-20(2)19-21)31(27(3,4)5)25(33)22(16-18-36-9)30-26(34)35-28(6,7)8/h13-15,19,22-23H,10-12,16-18H2,1-9H3,(H,29,32)(H,30,34). The molecule has 7 nitrogen and oxygen atoms in total. The summed E-state index contributed by atoms with van der Waals surface area (Å²) in [5.74, 6) is 0.140. The van der Waals surface area contributed by atoms with E-state index >= 15 is 0 Å². The summed E-state index contributed by atoms with van der Waals surface area (Å²) < 4.78 is 5.44. The Morgan fingerprint density at radius 2 is 1.75 bits per heavy atom. The fraction of sp³-hybridized carbons (Fsp3) is 0.679. The fourth-order valence-corrected chi connectivity index (χ4v) is 4.37. The number of thioether (sulfide) groups is 1. The molecule has 0 aliphatic carbocycles. The highest BCUT2D eigenvalue weighted by atomic mass is 32.2. The van der Waals surface area contributed by atoms with Crippen molar-refractivity contribution < 1.29 is 19.1 Å². The minimum Gasteiger partial charge on any atom is -0.444 e. The number of amides is 3. The highest BCUT2D eigenvalue weighted by Gasteiger charge is 2.41. The largest absolute Gasteiger partial charge is 0.444 e. The Morgan fingerprint density at radius 1 is 1.08 bits per heavy atom. The molecular weight excluding hydrogens is 474 g/mol. The van der Waals surface area contributed by atoms with Crippen molar-refractivity contribution in [3.63, 3.8) is 0 Å². The number of rotatable bonds is 12. The number of carbonyl (C=O) groups excluding carboxylic acids is 3. The van der Waals surface area contributed by atoms with Gasteiger partial charge < -0.3 is 20.3 Å². The fourth-order valence-electron chi connectivity index (χ4n) is 3.90. The molecule has 0 saturated heterocycles. The molecule has 0 heterocycles. The zero-order valence-electron chi connectivity index (χ0n) is 23.7. The van der Waals surface area contributed by atoms with Crippen molar-refractivity contribution in [3.05, 3.63) is 35.4 Å². The van der Waals surface area contributed by atoms with E-state index in [9.17, 15) is 14.4 Å². The van der Waals surface area contributed by atoms with Gasteiger partial charge in [0.1, 0.15) is 17.7 Å². The van der Waals surface area contributed by atoms with Gasteiger partial charge in [0.2, 0.25) is 11.8 Å². The van der Waals surface area contributed by atoms with Crippen molar-refractivity contribution in [3.8, 4) is 0 Å². The van der Waals surface area contributed by atoms with E-state index in [0.29, 0.717) is 18.7 Å². The van der Waals surface area contributed by atoms with Gasteiger partial charge in [-0.1, -0.05) is 49.6 Å². The molecule has 0 aromatic heterocycles. The molecule has 36 heavy (non-hydrogen) atoms. The molecule has 0 bridgehead atoms. The molecule has 0 aliphatic rings. The van der Waals surface area contributed by atoms with Crippen LogP contribution in [0.15, 0.2) is 24.3 Å². The maximum Gasteiger partial charge on any atom is 0.408 e. The van der Waals surface area contributed by atoms with Crippen LogP contribution in [0.5, 0.6) is 0 Å². The average molecular weight is 522 g/mol. The molecule has 2 N–H and O–H groups in total. The van der Waals surface area contributed by atoms with Gasteiger partial charge >= 0.3 is 6.09 Å². The second kappa shape index (κ2) is 14.5. The van der Waals surface area contributed by atoms with Crippen LogP contribution < -0.4 is 10.6 Å². The van der Waals surface area contributed by atoms with Crippen molar-refractivity contribution in [1.82, 2.24) is 15.5 Å². The first kappa shape index (κ1) is 31.8. The molecule has 1 rings (SSSR count). The second-order valence-corrected chi connectivity index (χ2v) is 12.2. The molecule has 204 valence electrons. The summed E-state index contributed by atoms with van der Waals surface area (Å²) in [6.45, 7) is 15.7. The molecule has 0 fully saturated rings. The lowest BCUT2D eigenvalue weighted by Crippen LogP contribution is -2.58. The third kappa shape index (κ3) is 10.8. The van der Waals surface area contributed by atoms with Gasteiger partial charge in [0, 0.05) is 12.1 Å². The van der Waals surface area contributed by atoms with Gasteiger partial charge in [0.15, 0.2) is 0 Å². The Hall–Kier alpha value is -2.22. The van der Waals surface area contributed by atoms with Crippen molar-refractivity contribution in [2.75, 3.05) is 18.6 Å². The van der Waals surface area contributed by atoms with Gasteiger partial charge in [-0.25, -0.2) is 4.79 Å². The lowest BCUT2D eigenvalue weighted by atomic mass is 9.94. The summed E-state index contributed by atoms with van der Waals surface area (Å²) in [6, 6.07) is 6.03. The smallest absolute Gasteiger partial charge is 0.408 e. The van der Waals surface area contributed by atoms with Crippen LogP contribution in [0, 0.1) is 6.92 Å². The van der Waals surface area contributed by atoms with E-state index in [1.807, 2.05) is 58.2 Å². The van der Waals surface area contributed by atoms with E-state index in [2.05, 4.69) is 17.6 Å². The third-order valence-electron chi connectivity index (χ3n) is 5.50. The predicted octanol–water partition coefficient (Wildman–Crippen LogP) is 5.62. The number of aryl methyl sites for hydroxylation is 1. The van der Waals surface area contributed by atoms with Gasteiger partial charge in [-0.15, -0.1) is 0 Å². The highest BCUT2D eigenvalue weighted by Crippen LogP contribution is 2.31. The predicted molar refractivity (Wildman–Crippen MR) is 149 cm³/mol. The van der Waals surface area contributed by atoms with Crippen LogP contribution >= 0.6 is 11.8 Å². The first-order chi connectivity index (χ1) is 16.7. The number of carbonyl (C=O) groups is 3. The number of unbranched alkanes of at least 4 members (excludes halogenated alkanes) is 2. The summed E-state index contributed by atoms with van der Waals surface area (Å²) in [5, 5.41) is 5.83. The zero-order chi connectivity index (χ0) is 27.5. The third-order valence-corrected chi connectivity index (χ3v) is 6.15. The van der Waals surface area contributed by atoms with Gasteiger partial charge in [-0.3, -0.25) is 9.59 Å². The maximum absolute atomic E-state index is 14.1. The first-order valence-electron chi connectivity index (χ1n) is 12.9. The zero-order valence-corrected chi connectivity index (χ0v) is 24.5.